The van der Waals surface area contributed by atoms with Gasteiger partial charge in [0.1, 0.15) is 5.82 Å². The van der Waals surface area contributed by atoms with Gasteiger partial charge >= 0.3 is 0 Å². The molecule has 0 aliphatic carbocycles. The fourth-order valence-electron chi connectivity index (χ4n) is 12.3. The second-order valence-electron chi connectivity index (χ2n) is 27.2. The number of fused-ring (bicyclic) bond motifs is 10. The van der Waals surface area contributed by atoms with Crippen molar-refractivity contribution in [1.82, 2.24) is 14.1 Å². The average molecular weight is 1310 g/mol. The third kappa shape index (κ3) is 10.3. The molecule has 0 fully saturated rings. The summed E-state index contributed by atoms with van der Waals surface area (Å²) in [5.41, 5.74) is 7.30. The Labute approximate surface area is 535 Å². The Hall–Kier alpha value is -8.11. The minimum Gasteiger partial charge on any atom is -0.509 e. The van der Waals surface area contributed by atoms with Gasteiger partial charge in [-0.1, -0.05) is 242 Å². The van der Waals surface area contributed by atoms with Gasteiger partial charge in [-0.05, 0) is 157 Å². The summed E-state index contributed by atoms with van der Waals surface area (Å²) in [7, 11) is 0. The molecular formula is C80H77N4OPt-3. The maximum Gasteiger partial charge on any atom is 0.135 e. The van der Waals surface area contributed by atoms with Crippen molar-refractivity contribution in [2.45, 2.75) is 131 Å². The minimum absolute atomic E-state index is 0. The number of rotatable bonds is 6. The van der Waals surface area contributed by atoms with Crippen molar-refractivity contribution in [2.75, 3.05) is 4.90 Å². The zero-order valence-electron chi connectivity index (χ0n) is 60.0. The molecule has 9 aromatic carbocycles. The molecule has 1 aliphatic rings. The number of aromatic nitrogens is 3. The summed E-state index contributed by atoms with van der Waals surface area (Å²) in [5, 5.41) is 7.68. The van der Waals surface area contributed by atoms with Gasteiger partial charge in [-0.3, -0.25) is 0 Å². The summed E-state index contributed by atoms with van der Waals surface area (Å²) in [6.45, 7) is 17.5. The van der Waals surface area contributed by atoms with Crippen LogP contribution in [0.4, 0.5) is 11.4 Å². The topological polar surface area (TPSA) is 35.2 Å². The Morgan fingerprint density at radius 1 is 0.442 bits per heavy atom. The van der Waals surface area contributed by atoms with Gasteiger partial charge in [0, 0.05) is 62.3 Å². The van der Waals surface area contributed by atoms with E-state index < -0.39 is 31.4 Å². The minimum atomic E-state index is -3.51. The van der Waals surface area contributed by atoms with Gasteiger partial charge in [0.05, 0.1) is 0 Å². The Kier molecular flexibility index (Phi) is 11.8. The fourth-order valence-corrected chi connectivity index (χ4v) is 12.3. The molecule has 3 aromatic heterocycles. The maximum absolute atomic E-state index is 8.97. The van der Waals surface area contributed by atoms with Crippen LogP contribution in [0.5, 0.6) is 11.5 Å². The van der Waals surface area contributed by atoms with Crippen LogP contribution in [0.1, 0.15) is 144 Å². The molecule has 0 amide bonds. The van der Waals surface area contributed by atoms with E-state index in [1.54, 1.807) is 0 Å². The standard InChI is InChI=1S/C80H77N4O.Pt/c1-76(2,3)52-38-39-81-72(46-52)84-69-34-19-18-27-63(69)64-37-36-59(48-71(64)84)85-58-25-20-24-57(47-58)82-49-83-74-61(51-42-55(79(10,11)12)45-56(43-51)80(13,14)15)30-22-32-68(74)66-31-21-29-60(50-40-53(77(4,5)6)44-54(41-50)78(7,8)9)73(66)65-28-17-16-26-62(65)67-33-23-35-70(82)75(67)83;/h16-46,49H,1-15H3;/q-3;/i10D3,11D3,12D3;. The Morgan fingerprint density at radius 2 is 0.965 bits per heavy atom. The van der Waals surface area contributed by atoms with Crippen LogP contribution >= 0.6 is 0 Å². The zero-order valence-corrected chi connectivity index (χ0v) is 53.3. The van der Waals surface area contributed by atoms with E-state index in [0.717, 1.165) is 87.8 Å². The van der Waals surface area contributed by atoms with E-state index in [0.29, 0.717) is 39.4 Å². The van der Waals surface area contributed by atoms with Crippen molar-refractivity contribution in [3.05, 3.63) is 235 Å². The SMILES string of the molecule is [2H]C([2H])([2H])C(c1cc(-c2cccc3c4cccc(-c5cc(C(C)(C)C)cc(C(C)(C)C)c5)c4c4ccccc4c4cccc5c4n(c23)[CH-]N5c2[c-]c(Oc3[c-]c4c(cc3)c3ccccc3n4-c3cc(C(C)(C)C)ccn3)ccc2)cc(C(C)(C)C)c1)(C([2H])([2H])[2H])C([2H])([2H])[2H].[Pt]. The first-order valence-corrected chi connectivity index (χ1v) is 29.4. The number of pyridine rings is 1. The first-order valence-electron chi connectivity index (χ1n) is 33.9. The molecule has 5 nitrogen and oxygen atoms in total. The Balaban J connectivity index is 0.00000864. The fraction of sp³-hybridized carbons (Fsp3) is 0.250. The second-order valence-corrected chi connectivity index (χ2v) is 27.2. The van der Waals surface area contributed by atoms with E-state index >= 15 is 0 Å². The van der Waals surface area contributed by atoms with Crippen LogP contribution in [0, 0.1) is 18.8 Å². The van der Waals surface area contributed by atoms with Crippen LogP contribution in [-0.2, 0) is 48.1 Å². The van der Waals surface area contributed by atoms with Gasteiger partial charge in [-0.2, -0.15) is 12.1 Å². The van der Waals surface area contributed by atoms with Gasteiger partial charge < -0.3 is 18.8 Å². The molecule has 1 aliphatic heterocycles. The van der Waals surface area contributed by atoms with Crippen molar-refractivity contribution < 1.29 is 38.1 Å². The van der Waals surface area contributed by atoms with Gasteiger partial charge in [-0.25, -0.2) is 4.98 Å². The predicted molar refractivity (Wildman–Crippen MR) is 361 cm³/mol. The summed E-state index contributed by atoms with van der Waals surface area (Å²) in [6, 6.07) is 68.9. The number of para-hydroxylation sites is 3. The van der Waals surface area contributed by atoms with Crippen LogP contribution in [0.2, 0.25) is 0 Å². The molecule has 0 N–H and O–H groups in total. The molecule has 0 saturated carbocycles. The smallest absolute Gasteiger partial charge is 0.135 e. The van der Waals surface area contributed by atoms with Crippen LogP contribution < -0.4 is 9.64 Å². The Bertz CT molecular complexity index is 5050. The first-order chi connectivity index (χ1) is 44.0. The van der Waals surface area contributed by atoms with Crippen LogP contribution in [-0.4, -0.2) is 14.1 Å². The monoisotopic (exact) mass is 1310 g/mol. The van der Waals surface area contributed by atoms with Gasteiger partial charge in [0.25, 0.3) is 0 Å². The molecule has 13 rings (SSSR count). The van der Waals surface area contributed by atoms with Crippen molar-refractivity contribution >= 4 is 76.5 Å². The number of hydrogen-bond acceptors (Lipinski definition) is 3. The van der Waals surface area contributed by atoms with Crippen molar-refractivity contribution in [3.63, 3.8) is 0 Å². The molecular weight excluding hydrogens is 1230 g/mol. The van der Waals surface area contributed by atoms with E-state index in [4.69, 9.17) is 22.1 Å². The van der Waals surface area contributed by atoms with E-state index in [9.17, 15) is 0 Å². The molecule has 0 atom stereocenters. The largest absolute Gasteiger partial charge is 0.509 e. The summed E-state index contributed by atoms with van der Waals surface area (Å²) >= 11 is 0. The molecule has 0 saturated heterocycles. The van der Waals surface area contributed by atoms with Crippen molar-refractivity contribution in [1.29, 1.82) is 0 Å². The molecule has 0 spiro atoms. The molecule has 86 heavy (non-hydrogen) atoms. The van der Waals surface area contributed by atoms with Crippen LogP contribution in [0.25, 0.3) is 93.2 Å². The molecule has 6 heteroatoms. The third-order valence-corrected chi connectivity index (χ3v) is 17.0. The van der Waals surface area contributed by atoms with E-state index in [1.165, 1.54) is 23.3 Å². The molecule has 4 heterocycles. The van der Waals surface area contributed by atoms with Gasteiger partial charge in [0.15, 0.2) is 0 Å². The summed E-state index contributed by atoms with van der Waals surface area (Å²) in [5.74, 6) is 1.71. The summed E-state index contributed by atoms with van der Waals surface area (Å²) < 4.78 is 91.9. The Morgan fingerprint density at radius 3 is 1.62 bits per heavy atom. The van der Waals surface area contributed by atoms with E-state index in [-0.39, 0.29) is 42.9 Å². The number of nitrogens with zero attached hydrogens (tertiary/aromatic N) is 4. The number of anilines is 2. The summed E-state index contributed by atoms with van der Waals surface area (Å²) in [6.07, 6.45) is 1.86. The molecule has 0 bridgehead atoms. The van der Waals surface area contributed by atoms with Gasteiger partial charge in [0.2, 0.25) is 0 Å². The quantitative estimate of drug-likeness (QED) is 0.156. The van der Waals surface area contributed by atoms with Gasteiger partial charge in [-0.15, -0.1) is 35.7 Å². The van der Waals surface area contributed by atoms with Crippen molar-refractivity contribution in [3.8, 4) is 39.6 Å². The molecule has 0 unspecified atom stereocenters. The molecule has 0 radical (unpaired) electrons. The zero-order chi connectivity index (χ0) is 67.2. The molecule has 436 valence electrons. The van der Waals surface area contributed by atoms with E-state index in [2.05, 4.69) is 204 Å². The predicted octanol–water partition coefficient (Wildman–Crippen LogP) is 22.0. The van der Waals surface area contributed by atoms with E-state index in [1.807, 2.05) is 88.2 Å². The average Bonchev–Trinajstić information content (AvgIpc) is 1.71. The summed E-state index contributed by atoms with van der Waals surface area (Å²) in [4.78, 5) is 6.99. The first kappa shape index (κ1) is 48.1. The number of ether oxygens (including phenoxy) is 1. The number of hydrogen-bond donors (Lipinski definition) is 0. The molecule has 12 aromatic rings. The second kappa shape index (κ2) is 21.1. The van der Waals surface area contributed by atoms with Crippen LogP contribution in [0.15, 0.2) is 188 Å². The van der Waals surface area contributed by atoms with Crippen molar-refractivity contribution in [2.24, 2.45) is 0 Å². The van der Waals surface area contributed by atoms with Crippen LogP contribution in [0.3, 0.4) is 0 Å². The third-order valence-electron chi connectivity index (χ3n) is 17.0. The normalized spacial score (nSPS) is 15.0. The maximum atomic E-state index is 8.97. The number of benzene rings is 9.